The largest absolute Gasteiger partial charge is 0.307 e. The van der Waals surface area contributed by atoms with E-state index in [-0.39, 0.29) is 5.41 Å². The van der Waals surface area contributed by atoms with Crippen molar-refractivity contribution in [3.05, 3.63) is 70.9 Å². The molecule has 0 spiro atoms. The third-order valence-electron chi connectivity index (χ3n) is 7.21. The summed E-state index contributed by atoms with van der Waals surface area (Å²) < 4.78 is 4.87. The van der Waals surface area contributed by atoms with Gasteiger partial charge in [0.1, 0.15) is 7.05 Å². The Bertz CT molecular complexity index is 1710. The third-order valence-corrected chi connectivity index (χ3v) is 7.21. The van der Waals surface area contributed by atoms with E-state index in [2.05, 4.69) is 106 Å². The van der Waals surface area contributed by atoms with Crippen LogP contribution in [0.4, 0.5) is 0 Å². The fraction of sp³-hybridized carbons (Fsp3) is 0.300. The smallest absolute Gasteiger partial charge is 0.224 e. The molecule has 0 unspecified atom stereocenters. The van der Waals surface area contributed by atoms with Crippen LogP contribution >= 0.6 is 0 Å². The second kappa shape index (κ2) is 6.22. The summed E-state index contributed by atoms with van der Waals surface area (Å²) in [5.41, 5.74) is 11.0. The van der Waals surface area contributed by atoms with Crippen molar-refractivity contribution >= 4 is 49.0 Å². The summed E-state index contributed by atoms with van der Waals surface area (Å²) in [7, 11) is 2.19. The molecular formula is C30H31N2+. The Morgan fingerprint density at radius 1 is 0.844 bits per heavy atom. The first-order valence-corrected chi connectivity index (χ1v) is 11.6. The van der Waals surface area contributed by atoms with Crippen LogP contribution in [0.1, 0.15) is 43.0 Å². The van der Waals surface area contributed by atoms with Crippen LogP contribution in [-0.4, -0.2) is 4.40 Å². The van der Waals surface area contributed by atoms with Gasteiger partial charge in [0.15, 0.2) is 6.20 Å². The molecule has 0 N–H and O–H groups in total. The van der Waals surface area contributed by atoms with Crippen molar-refractivity contribution in [2.75, 3.05) is 0 Å². The van der Waals surface area contributed by atoms with Gasteiger partial charge in [0.25, 0.3) is 0 Å². The van der Waals surface area contributed by atoms with Gasteiger partial charge in [-0.15, -0.1) is 0 Å². The Morgan fingerprint density at radius 3 is 2.38 bits per heavy atom. The predicted octanol–water partition coefficient (Wildman–Crippen LogP) is 7.33. The van der Waals surface area contributed by atoms with Crippen molar-refractivity contribution in [3.63, 3.8) is 0 Å². The first kappa shape index (κ1) is 19.5. The average Bonchev–Trinajstić information content (AvgIpc) is 3.02. The molecule has 3 aromatic heterocycles. The Hall–Kier alpha value is -3.13. The molecule has 0 saturated heterocycles. The zero-order valence-corrected chi connectivity index (χ0v) is 20.2. The van der Waals surface area contributed by atoms with Gasteiger partial charge in [0.2, 0.25) is 5.52 Å². The summed E-state index contributed by atoms with van der Waals surface area (Å²) in [6.45, 7) is 13.7. The summed E-state index contributed by atoms with van der Waals surface area (Å²) in [6, 6.07) is 16.5. The molecule has 0 radical (unpaired) electrons. The summed E-state index contributed by atoms with van der Waals surface area (Å²) in [4.78, 5) is 0. The van der Waals surface area contributed by atoms with E-state index < -0.39 is 0 Å². The van der Waals surface area contributed by atoms with E-state index in [1.807, 2.05) is 0 Å². The van der Waals surface area contributed by atoms with E-state index >= 15 is 0 Å². The number of nitrogens with zero attached hydrogens (tertiary/aromatic N) is 2. The highest BCUT2D eigenvalue weighted by atomic mass is 15.0. The molecule has 3 heterocycles. The molecule has 160 valence electrons. The van der Waals surface area contributed by atoms with Crippen LogP contribution in [0.15, 0.2) is 48.7 Å². The molecule has 2 heteroatoms. The van der Waals surface area contributed by atoms with E-state index in [4.69, 9.17) is 0 Å². The first-order chi connectivity index (χ1) is 15.1. The Morgan fingerprint density at radius 2 is 1.62 bits per heavy atom. The Balaban J connectivity index is 1.99. The zero-order valence-electron chi connectivity index (χ0n) is 20.2. The number of aromatic nitrogens is 2. The lowest BCUT2D eigenvalue weighted by molar-refractivity contribution is -0.643. The van der Waals surface area contributed by atoms with Crippen LogP contribution in [0.3, 0.4) is 0 Å². The minimum absolute atomic E-state index is 0.244. The lowest BCUT2D eigenvalue weighted by Crippen LogP contribution is -2.29. The molecule has 0 bridgehead atoms. The summed E-state index contributed by atoms with van der Waals surface area (Å²) in [5.74, 6) is 0. The second-order valence-electron chi connectivity index (χ2n) is 11.0. The van der Waals surface area contributed by atoms with Gasteiger partial charge in [-0.1, -0.05) is 38.5 Å². The van der Waals surface area contributed by atoms with E-state index in [0.717, 1.165) is 6.42 Å². The minimum Gasteiger partial charge on any atom is -0.307 e. The van der Waals surface area contributed by atoms with Crippen molar-refractivity contribution in [1.29, 1.82) is 0 Å². The van der Waals surface area contributed by atoms with Gasteiger partial charge in [0.05, 0.1) is 27.3 Å². The molecule has 32 heavy (non-hydrogen) atoms. The van der Waals surface area contributed by atoms with E-state index in [1.165, 1.54) is 71.3 Å². The Labute approximate surface area is 189 Å². The van der Waals surface area contributed by atoms with Gasteiger partial charge < -0.3 is 4.40 Å². The van der Waals surface area contributed by atoms with Crippen molar-refractivity contribution in [1.82, 2.24) is 4.40 Å². The normalized spacial score (nSPS) is 13.0. The SMILES string of the molecule is Cc1ccc2c(c1)c1cc(C)c(C)c3c1n2c1cc(CC(C)(C)C)cc2cc[n+](C)c3c21. The fourth-order valence-corrected chi connectivity index (χ4v) is 5.79. The van der Waals surface area contributed by atoms with Gasteiger partial charge in [-0.05, 0) is 78.9 Å². The highest BCUT2D eigenvalue weighted by molar-refractivity contribution is 6.26. The van der Waals surface area contributed by atoms with Gasteiger partial charge in [-0.3, -0.25) is 0 Å². The summed E-state index contributed by atoms with van der Waals surface area (Å²) in [5, 5.41) is 6.81. The van der Waals surface area contributed by atoms with E-state index in [0.29, 0.717) is 0 Å². The lowest BCUT2D eigenvalue weighted by Gasteiger charge is -2.20. The van der Waals surface area contributed by atoms with Crippen molar-refractivity contribution in [2.24, 2.45) is 12.5 Å². The zero-order chi connectivity index (χ0) is 22.5. The van der Waals surface area contributed by atoms with Gasteiger partial charge in [-0.2, -0.15) is 0 Å². The molecule has 6 aromatic rings. The number of hydrogen-bond acceptors (Lipinski definition) is 0. The summed E-state index contributed by atoms with van der Waals surface area (Å²) >= 11 is 0. The quantitative estimate of drug-likeness (QED) is 0.150. The number of benzene rings is 3. The van der Waals surface area contributed by atoms with Gasteiger partial charge in [0, 0.05) is 16.8 Å². The fourth-order valence-electron chi connectivity index (χ4n) is 5.79. The van der Waals surface area contributed by atoms with Crippen molar-refractivity contribution < 1.29 is 4.57 Å². The van der Waals surface area contributed by atoms with Crippen LogP contribution in [-0.2, 0) is 13.5 Å². The maximum absolute atomic E-state index is 2.55. The minimum atomic E-state index is 0.244. The van der Waals surface area contributed by atoms with E-state index in [1.54, 1.807) is 0 Å². The van der Waals surface area contributed by atoms with Crippen molar-refractivity contribution in [2.45, 2.75) is 48.0 Å². The highest BCUT2D eigenvalue weighted by Crippen LogP contribution is 2.42. The second-order valence-corrected chi connectivity index (χ2v) is 11.0. The average molecular weight is 420 g/mol. The number of rotatable bonds is 1. The molecular weight excluding hydrogens is 388 g/mol. The van der Waals surface area contributed by atoms with E-state index in [9.17, 15) is 0 Å². The number of hydrogen-bond donors (Lipinski definition) is 0. The maximum Gasteiger partial charge on any atom is 0.224 e. The van der Waals surface area contributed by atoms with Crippen LogP contribution in [0, 0.1) is 26.2 Å². The number of pyridine rings is 2. The molecule has 0 aliphatic carbocycles. The molecule has 2 nitrogen and oxygen atoms in total. The number of aryl methyl sites for hydroxylation is 4. The van der Waals surface area contributed by atoms with Crippen LogP contribution in [0.2, 0.25) is 0 Å². The molecule has 3 aromatic carbocycles. The third kappa shape index (κ3) is 2.56. The number of fused-ring (bicyclic) bond motifs is 5. The van der Waals surface area contributed by atoms with Gasteiger partial charge in [-0.25, -0.2) is 4.57 Å². The standard InChI is InChI=1S/C30H31N2/c1-17-8-9-24-22(12-17)23-13-18(2)19(3)26-28(23)32(24)25-15-20(16-30(4,5)6)14-21-10-11-31(7)29(26)27(21)25/h8-15H,16H2,1-7H3/q+1. The molecule has 0 aliphatic heterocycles. The van der Waals surface area contributed by atoms with Crippen LogP contribution in [0.25, 0.3) is 49.0 Å². The van der Waals surface area contributed by atoms with Crippen molar-refractivity contribution in [3.8, 4) is 0 Å². The summed E-state index contributed by atoms with van der Waals surface area (Å²) in [6.07, 6.45) is 3.30. The van der Waals surface area contributed by atoms with Gasteiger partial charge >= 0.3 is 0 Å². The molecule has 0 atom stereocenters. The lowest BCUT2D eigenvalue weighted by atomic mass is 9.87. The monoisotopic (exact) mass is 419 g/mol. The maximum atomic E-state index is 2.55. The molecule has 6 rings (SSSR count). The topological polar surface area (TPSA) is 8.29 Å². The Kier molecular flexibility index (Phi) is 3.80. The van der Waals surface area contributed by atoms with Crippen LogP contribution in [0.5, 0.6) is 0 Å². The molecule has 0 saturated carbocycles. The molecule has 0 aliphatic rings. The first-order valence-electron chi connectivity index (χ1n) is 11.6. The highest BCUT2D eigenvalue weighted by Gasteiger charge is 2.25. The molecule has 0 amide bonds. The van der Waals surface area contributed by atoms with Crippen LogP contribution < -0.4 is 4.57 Å². The molecule has 0 fully saturated rings. The predicted molar refractivity (Wildman–Crippen MR) is 137 cm³/mol.